The molecule has 0 N–H and O–H groups in total. The maximum absolute atomic E-state index is 13.2. The Bertz CT molecular complexity index is 1090. The second kappa shape index (κ2) is 8.51. The lowest BCUT2D eigenvalue weighted by molar-refractivity contribution is -0.384. The van der Waals surface area contributed by atoms with Gasteiger partial charge in [0.05, 0.1) is 17.2 Å². The number of halogens is 1. The number of allylic oxidation sites excluding steroid dienone is 2. The van der Waals surface area contributed by atoms with E-state index in [0.717, 1.165) is 11.3 Å². The third-order valence-electron chi connectivity index (χ3n) is 5.65. The second-order valence-corrected chi connectivity index (χ2v) is 7.93. The third kappa shape index (κ3) is 3.93. The molecule has 1 atom stereocenters. The van der Waals surface area contributed by atoms with Gasteiger partial charge in [-0.25, -0.2) is 0 Å². The van der Waals surface area contributed by atoms with Gasteiger partial charge in [0.25, 0.3) is 5.69 Å². The topological polar surface area (TPSA) is 89.8 Å². The Morgan fingerprint density at radius 2 is 1.90 bits per heavy atom. The number of carbonyl (C=O) groups is 2. The smallest absolute Gasteiger partial charge is 0.289 e. The predicted molar refractivity (Wildman–Crippen MR) is 116 cm³/mol. The number of nitrogens with zero attached hydrogens (tertiary/aromatic N) is 2. The van der Waals surface area contributed by atoms with Gasteiger partial charge in [-0.2, -0.15) is 0 Å². The van der Waals surface area contributed by atoms with Crippen LogP contribution in [0, 0.1) is 10.1 Å². The van der Waals surface area contributed by atoms with E-state index in [-0.39, 0.29) is 34.7 Å². The van der Waals surface area contributed by atoms with Crippen LogP contribution in [0.1, 0.15) is 44.1 Å². The van der Waals surface area contributed by atoms with Crippen LogP contribution < -0.4 is 9.64 Å². The van der Waals surface area contributed by atoms with Gasteiger partial charge in [-0.15, -0.1) is 0 Å². The van der Waals surface area contributed by atoms with Crippen molar-refractivity contribution in [3.05, 3.63) is 74.4 Å². The molecular weight excluding hydrogens is 420 g/mol. The Labute approximate surface area is 184 Å². The molecule has 1 amide bonds. The van der Waals surface area contributed by atoms with E-state index in [1.807, 2.05) is 31.2 Å². The largest absolute Gasteiger partial charge is 0.494 e. The molecule has 2 aromatic rings. The van der Waals surface area contributed by atoms with Crippen molar-refractivity contribution in [2.45, 2.75) is 38.5 Å². The predicted octanol–water partition coefficient (Wildman–Crippen LogP) is 5.17. The molecule has 7 nitrogen and oxygen atoms in total. The first kappa shape index (κ1) is 21.1. The van der Waals surface area contributed by atoms with Crippen molar-refractivity contribution in [2.24, 2.45) is 0 Å². The molecule has 2 aliphatic rings. The zero-order valence-corrected chi connectivity index (χ0v) is 17.7. The van der Waals surface area contributed by atoms with Gasteiger partial charge in [-0.3, -0.25) is 24.6 Å². The van der Waals surface area contributed by atoms with Crippen molar-refractivity contribution in [3.63, 3.8) is 0 Å². The number of nitro groups is 1. The van der Waals surface area contributed by atoms with Crippen LogP contribution in [0.5, 0.6) is 5.75 Å². The molecule has 0 saturated heterocycles. The highest BCUT2D eigenvalue weighted by atomic mass is 35.5. The molecule has 0 bridgehead atoms. The molecule has 2 aromatic carbocycles. The molecule has 8 heteroatoms. The SMILES string of the molecule is CCOc1ccc(C2CC(=O)N(c3ccc(Cl)c([N+](=O)[O-])c3)C3=C2C(=O)CCC3)cc1. The van der Waals surface area contributed by atoms with Gasteiger partial charge >= 0.3 is 0 Å². The summed E-state index contributed by atoms with van der Waals surface area (Å²) in [6.45, 7) is 2.46. The first-order valence-electron chi connectivity index (χ1n) is 10.2. The van der Waals surface area contributed by atoms with E-state index < -0.39 is 4.92 Å². The number of rotatable bonds is 5. The number of Topliss-reactive ketones (excluding diaryl/α,β-unsaturated/α-hetero) is 1. The zero-order chi connectivity index (χ0) is 22.1. The lowest BCUT2D eigenvalue weighted by Gasteiger charge is -2.38. The molecule has 0 fully saturated rings. The molecule has 4 rings (SSSR count). The summed E-state index contributed by atoms with van der Waals surface area (Å²) in [5.74, 6) is 0.197. The fourth-order valence-corrected chi connectivity index (χ4v) is 4.51. The third-order valence-corrected chi connectivity index (χ3v) is 5.97. The maximum atomic E-state index is 13.2. The maximum Gasteiger partial charge on any atom is 0.289 e. The van der Waals surface area contributed by atoms with Crippen molar-refractivity contribution in [2.75, 3.05) is 11.5 Å². The molecule has 1 unspecified atom stereocenters. The summed E-state index contributed by atoms with van der Waals surface area (Å²) in [5, 5.41) is 11.3. The molecule has 1 aliphatic carbocycles. The van der Waals surface area contributed by atoms with Gasteiger partial charge < -0.3 is 4.74 Å². The number of hydrogen-bond acceptors (Lipinski definition) is 5. The van der Waals surface area contributed by atoms with Gasteiger partial charge in [-0.1, -0.05) is 23.7 Å². The van der Waals surface area contributed by atoms with Crippen molar-refractivity contribution in [1.29, 1.82) is 0 Å². The first-order valence-corrected chi connectivity index (χ1v) is 10.5. The van der Waals surface area contributed by atoms with Crippen LogP contribution in [0.4, 0.5) is 11.4 Å². The average molecular weight is 441 g/mol. The number of ketones is 1. The Balaban J connectivity index is 1.80. The van der Waals surface area contributed by atoms with Crippen LogP contribution in [0.3, 0.4) is 0 Å². The summed E-state index contributed by atoms with van der Waals surface area (Å²) < 4.78 is 5.49. The fraction of sp³-hybridized carbons (Fsp3) is 0.304. The van der Waals surface area contributed by atoms with E-state index >= 15 is 0 Å². The van der Waals surface area contributed by atoms with Gasteiger partial charge in [0, 0.05) is 36.1 Å². The summed E-state index contributed by atoms with van der Waals surface area (Å²) in [6, 6.07) is 11.7. The average Bonchev–Trinajstić information content (AvgIpc) is 2.74. The van der Waals surface area contributed by atoms with Gasteiger partial charge in [0.15, 0.2) is 5.78 Å². The standard InChI is InChI=1S/C23H21ClN2O5/c1-2-31-16-9-6-14(7-10-16)17-13-22(28)25(19-4-3-5-21(27)23(17)19)15-8-11-18(24)20(12-15)26(29)30/h6-12,17H,2-5,13H2,1H3. The Morgan fingerprint density at radius 3 is 2.58 bits per heavy atom. The summed E-state index contributed by atoms with van der Waals surface area (Å²) in [7, 11) is 0. The number of nitro benzene ring substituents is 1. The number of anilines is 1. The summed E-state index contributed by atoms with van der Waals surface area (Å²) >= 11 is 5.94. The molecule has 1 aliphatic heterocycles. The Kier molecular flexibility index (Phi) is 5.78. The van der Waals surface area contributed by atoms with Crippen LogP contribution in [0.15, 0.2) is 53.7 Å². The van der Waals surface area contributed by atoms with Gasteiger partial charge in [0.1, 0.15) is 10.8 Å². The minimum atomic E-state index is -0.579. The van der Waals surface area contributed by atoms with Crippen molar-refractivity contribution < 1.29 is 19.2 Å². The minimum Gasteiger partial charge on any atom is -0.494 e. The number of carbonyl (C=O) groups excluding carboxylic acids is 2. The van der Waals surface area contributed by atoms with Gasteiger partial charge in [0.2, 0.25) is 5.91 Å². The minimum absolute atomic E-state index is 0.000559. The van der Waals surface area contributed by atoms with Crippen LogP contribution >= 0.6 is 11.6 Å². The van der Waals surface area contributed by atoms with E-state index in [1.165, 1.54) is 17.0 Å². The lowest BCUT2D eigenvalue weighted by Crippen LogP contribution is -2.40. The van der Waals surface area contributed by atoms with Crippen LogP contribution in [-0.4, -0.2) is 23.2 Å². The zero-order valence-electron chi connectivity index (χ0n) is 17.0. The van der Waals surface area contributed by atoms with Crippen LogP contribution in [0.2, 0.25) is 5.02 Å². The molecule has 0 radical (unpaired) electrons. The van der Waals surface area contributed by atoms with E-state index in [0.29, 0.717) is 42.8 Å². The first-order chi connectivity index (χ1) is 14.9. The fourth-order valence-electron chi connectivity index (χ4n) is 4.32. The highest BCUT2D eigenvalue weighted by Crippen LogP contribution is 2.44. The summed E-state index contributed by atoms with van der Waals surface area (Å²) in [6.07, 6.45) is 1.72. The van der Waals surface area contributed by atoms with Crippen LogP contribution in [0.25, 0.3) is 0 Å². The molecule has 0 spiro atoms. The number of ether oxygens (including phenoxy) is 1. The van der Waals surface area contributed by atoms with Crippen molar-refractivity contribution >= 4 is 34.7 Å². The molecule has 31 heavy (non-hydrogen) atoms. The monoisotopic (exact) mass is 440 g/mol. The summed E-state index contributed by atoms with van der Waals surface area (Å²) in [4.78, 5) is 38.4. The van der Waals surface area contributed by atoms with Crippen molar-refractivity contribution in [1.82, 2.24) is 0 Å². The van der Waals surface area contributed by atoms with E-state index in [9.17, 15) is 19.7 Å². The normalized spacial score (nSPS) is 18.8. The highest BCUT2D eigenvalue weighted by Gasteiger charge is 2.40. The lowest BCUT2D eigenvalue weighted by atomic mass is 9.77. The Morgan fingerprint density at radius 1 is 1.16 bits per heavy atom. The van der Waals surface area contributed by atoms with E-state index in [1.54, 1.807) is 6.07 Å². The highest BCUT2D eigenvalue weighted by molar-refractivity contribution is 6.32. The molecular formula is C23H21ClN2O5. The van der Waals surface area contributed by atoms with Crippen molar-refractivity contribution in [3.8, 4) is 5.75 Å². The summed E-state index contributed by atoms with van der Waals surface area (Å²) in [5.41, 5.74) is 2.20. The number of benzene rings is 2. The molecule has 0 saturated carbocycles. The number of hydrogen-bond donors (Lipinski definition) is 0. The van der Waals surface area contributed by atoms with E-state index in [4.69, 9.17) is 16.3 Å². The molecule has 1 heterocycles. The molecule has 0 aromatic heterocycles. The second-order valence-electron chi connectivity index (χ2n) is 7.52. The van der Waals surface area contributed by atoms with Gasteiger partial charge in [-0.05, 0) is 49.6 Å². The Hall–Kier alpha value is -3.19. The number of amides is 1. The quantitative estimate of drug-likeness (QED) is 0.472. The van der Waals surface area contributed by atoms with Crippen LogP contribution in [-0.2, 0) is 9.59 Å². The molecule has 160 valence electrons. The van der Waals surface area contributed by atoms with E-state index in [2.05, 4.69) is 0 Å².